The Morgan fingerprint density at radius 3 is 3.00 bits per heavy atom. The monoisotopic (exact) mass is 334 g/mol. The zero-order chi connectivity index (χ0) is 17.2. The van der Waals surface area contributed by atoms with E-state index in [1.807, 2.05) is 53.7 Å². The van der Waals surface area contributed by atoms with Crippen LogP contribution in [0.15, 0.2) is 48.8 Å². The molecule has 3 heterocycles. The smallest absolute Gasteiger partial charge is 0.272 e. The number of aryl methyl sites for hydroxylation is 1. The summed E-state index contributed by atoms with van der Waals surface area (Å²) in [5, 5.41) is 1.06. The molecule has 0 aliphatic carbocycles. The first kappa shape index (κ1) is 15.8. The van der Waals surface area contributed by atoms with Gasteiger partial charge in [-0.3, -0.25) is 4.79 Å². The van der Waals surface area contributed by atoms with Crippen LogP contribution < -0.4 is 0 Å². The van der Waals surface area contributed by atoms with Crippen LogP contribution in [-0.4, -0.2) is 38.4 Å². The Hall–Kier alpha value is -2.69. The summed E-state index contributed by atoms with van der Waals surface area (Å²) in [4.78, 5) is 24.0. The van der Waals surface area contributed by atoms with Gasteiger partial charge in [-0.05, 0) is 31.9 Å². The number of amides is 1. The van der Waals surface area contributed by atoms with Crippen molar-refractivity contribution in [2.45, 2.75) is 32.2 Å². The molecule has 5 heteroatoms. The maximum absolute atomic E-state index is 12.9. The zero-order valence-electron chi connectivity index (χ0n) is 14.4. The molecule has 3 aromatic rings. The van der Waals surface area contributed by atoms with Gasteiger partial charge < -0.3 is 9.47 Å². The Labute approximate surface area is 147 Å². The largest absolute Gasteiger partial charge is 0.337 e. The third-order valence-electron chi connectivity index (χ3n) is 4.98. The second kappa shape index (κ2) is 6.67. The summed E-state index contributed by atoms with van der Waals surface area (Å²) in [6, 6.07) is 11.7. The van der Waals surface area contributed by atoms with Gasteiger partial charge in [0.1, 0.15) is 11.5 Å². The molecule has 1 aromatic carbocycles. The summed E-state index contributed by atoms with van der Waals surface area (Å²) in [5.41, 5.74) is 1.39. The molecule has 4 rings (SSSR count). The Bertz CT molecular complexity index is 901. The number of hydrogen-bond donors (Lipinski definition) is 0. The molecule has 1 aliphatic rings. The topological polar surface area (TPSA) is 51.0 Å². The average molecular weight is 334 g/mol. The summed E-state index contributed by atoms with van der Waals surface area (Å²) in [7, 11) is 0. The molecule has 0 unspecified atom stereocenters. The number of pyridine rings is 1. The van der Waals surface area contributed by atoms with E-state index in [0.29, 0.717) is 18.2 Å². The summed E-state index contributed by atoms with van der Waals surface area (Å²) < 4.78 is 2.17. The number of imidazole rings is 1. The Morgan fingerprint density at radius 1 is 1.24 bits per heavy atom. The molecule has 128 valence electrons. The fourth-order valence-electron chi connectivity index (χ4n) is 3.67. The number of likely N-dealkylation sites (tertiary alicyclic amines) is 1. The van der Waals surface area contributed by atoms with E-state index in [4.69, 9.17) is 0 Å². The van der Waals surface area contributed by atoms with E-state index < -0.39 is 0 Å². The minimum atomic E-state index is 0.0186. The normalized spacial score (nSPS) is 17.8. The van der Waals surface area contributed by atoms with Crippen molar-refractivity contribution in [1.82, 2.24) is 19.4 Å². The maximum Gasteiger partial charge on any atom is 0.272 e. The zero-order valence-corrected chi connectivity index (χ0v) is 14.4. The number of nitrogens with zero attached hydrogens (tertiary/aromatic N) is 4. The van der Waals surface area contributed by atoms with E-state index >= 15 is 0 Å². The van der Waals surface area contributed by atoms with Crippen molar-refractivity contribution >= 4 is 16.8 Å². The lowest BCUT2D eigenvalue weighted by Crippen LogP contribution is -2.40. The number of fused-ring (bicyclic) bond motifs is 1. The molecule has 0 spiro atoms. The molecule has 1 atom stereocenters. The van der Waals surface area contributed by atoms with Crippen LogP contribution in [0.3, 0.4) is 0 Å². The van der Waals surface area contributed by atoms with Crippen LogP contribution in [0.2, 0.25) is 0 Å². The molecule has 1 amide bonds. The predicted molar refractivity (Wildman–Crippen MR) is 97.5 cm³/mol. The van der Waals surface area contributed by atoms with Gasteiger partial charge in [0.25, 0.3) is 5.91 Å². The molecule has 1 aliphatic heterocycles. The molecule has 1 fully saturated rings. The SMILES string of the molecule is CCn1ccnc1[C@@H]1CCCN(C(=O)c2ccc3ccccc3n2)C1. The number of carbonyl (C=O) groups excluding carboxylic acids is 1. The summed E-state index contributed by atoms with van der Waals surface area (Å²) in [5.74, 6) is 1.41. The van der Waals surface area contributed by atoms with Crippen LogP contribution in [0.1, 0.15) is 42.0 Å². The van der Waals surface area contributed by atoms with Gasteiger partial charge >= 0.3 is 0 Å². The highest BCUT2D eigenvalue weighted by Crippen LogP contribution is 2.27. The molecule has 2 aromatic heterocycles. The minimum absolute atomic E-state index is 0.0186. The van der Waals surface area contributed by atoms with Gasteiger partial charge in [-0.1, -0.05) is 24.3 Å². The van der Waals surface area contributed by atoms with Crippen LogP contribution >= 0.6 is 0 Å². The molecule has 25 heavy (non-hydrogen) atoms. The van der Waals surface area contributed by atoms with Crippen molar-refractivity contribution in [3.63, 3.8) is 0 Å². The van der Waals surface area contributed by atoms with Crippen LogP contribution in [0.4, 0.5) is 0 Å². The number of aromatic nitrogens is 3. The molecule has 5 nitrogen and oxygen atoms in total. The highest BCUT2D eigenvalue weighted by atomic mass is 16.2. The van der Waals surface area contributed by atoms with Crippen LogP contribution in [0.5, 0.6) is 0 Å². The standard InChI is InChI=1S/C20H22N4O/c1-2-23-13-11-21-19(23)16-7-5-12-24(14-16)20(25)18-10-9-15-6-3-4-8-17(15)22-18/h3-4,6,8-11,13,16H,2,5,7,12,14H2,1H3/t16-/m1/s1. The highest BCUT2D eigenvalue weighted by Gasteiger charge is 2.28. The van der Waals surface area contributed by atoms with E-state index in [1.165, 1.54) is 0 Å². The second-order valence-electron chi connectivity index (χ2n) is 6.55. The molecule has 1 saturated heterocycles. The van der Waals surface area contributed by atoms with Gasteiger partial charge in [-0.25, -0.2) is 9.97 Å². The lowest BCUT2D eigenvalue weighted by atomic mass is 9.96. The lowest BCUT2D eigenvalue weighted by Gasteiger charge is -2.32. The Morgan fingerprint density at radius 2 is 2.12 bits per heavy atom. The predicted octanol–water partition coefficient (Wildman–Crippen LogP) is 3.47. The van der Waals surface area contributed by atoms with Gasteiger partial charge in [0, 0.05) is 43.3 Å². The average Bonchev–Trinajstić information content (AvgIpc) is 3.16. The number of benzene rings is 1. The van der Waals surface area contributed by atoms with Gasteiger partial charge in [0.05, 0.1) is 5.52 Å². The molecule has 0 N–H and O–H groups in total. The first-order valence-corrected chi connectivity index (χ1v) is 8.92. The molecule has 0 radical (unpaired) electrons. The first-order chi connectivity index (χ1) is 12.3. The first-order valence-electron chi connectivity index (χ1n) is 8.92. The van der Waals surface area contributed by atoms with Crippen molar-refractivity contribution in [2.24, 2.45) is 0 Å². The van der Waals surface area contributed by atoms with Gasteiger partial charge in [0.2, 0.25) is 0 Å². The fraction of sp³-hybridized carbons (Fsp3) is 0.350. The van der Waals surface area contributed by atoms with E-state index in [-0.39, 0.29) is 5.91 Å². The van der Waals surface area contributed by atoms with Gasteiger partial charge in [-0.2, -0.15) is 0 Å². The van der Waals surface area contributed by atoms with Crippen LogP contribution in [-0.2, 0) is 6.54 Å². The van der Waals surface area contributed by atoms with E-state index in [2.05, 4.69) is 21.5 Å². The van der Waals surface area contributed by atoms with Crippen LogP contribution in [0.25, 0.3) is 10.9 Å². The van der Waals surface area contributed by atoms with Gasteiger partial charge in [-0.15, -0.1) is 0 Å². The van der Waals surface area contributed by atoms with E-state index in [0.717, 1.165) is 42.7 Å². The highest BCUT2D eigenvalue weighted by molar-refractivity contribution is 5.95. The second-order valence-corrected chi connectivity index (χ2v) is 6.55. The van der Waals surface area contributed by atoms with E-state index in [9.17, 15) is 4.79 Å². The van der Waals surface area contributed by atoms with Crippen molar-refractivity contribution < 1.29 is 4.79 Å². The molecule has 0 bridgehead atoms. The number of hydrogen-bond acceptors (Lipinski definition) is 3. The number of piperidine rings is 1. The fourth-order valence-corrected chi connectivity index (χ4v) is 3.67. The number of rotatable bonds is 3. The van der Waals surface area contributed by atoms with Crippen LogP contribution in [0, 0.1) is 0 Å². The van der Waals surface area contributed by atoms with Crippen molar-refractivity contribution in [1.29, 1.82) is 0 Å². The quantitative estimate of drug-likeness (QED) is 0.737. The van der Waals surface area contributed by atoms with Crippen molar-refractivity contribution in [3.05, 3.63) is 60.3 Å². The van der Waals surface area contributed by atoms with E-state index in [1.54, 1.807) is 0 Å². The Kier molecular flexibility index (Phi) is 4.22. The summed E-state index contributed by atoms with van der Waals surface area (Å²) >= 11 is 0. The molecular formula is C20H22N4O. The Balaban J connectivity index is 1.56. The van der Waals surface area contributed by atoms with Gasteiger partial charge in [0.15, 0.2) is 0 Å². The van der Waals surface area contributed by atoms with Crippen molar-refractivity contribution in [2.75, 3.05) is 13.1 Å². The maximum atomic E-state index is 12.9. The molecule has 0 saturated carbocycles. The number of carbonyl (C=O) groups is 1. The van der Waals surface area contributed by atoms with Crippen molar-refractivity contribution in [3.8, 4) is 0 Å². The third-order valence-corrected chi connectivity index (χ3v) is 4.98. The molecular weight excluding hydrogens is 312 g/mol. The third kappa shape index (κ3) is 3.02. The summed E-state index contributed by atoms with van der Waals surface area (Å²) in [6.45, 7) is 4.53. The lowest BCUT2D eigenvalue weighted by molar-refractivity contribution is 0.0698. The summed E-state index contributed by atoms with van der Waals surface area (Å²) in [6.07, 6.45) is 5.94. The minimum Gasteiger partial charge on any atom is -0.337 e. The number of para-hydroxylation sites is 1.